The molecular formula is C38H62O4. The number of hydrogen-bond donors (Lipinski definition) is 2. The van der Waals surface area contributed by atoms with Gasteiger partial charge in [0.1, 0.15) is 24.7 Å². The Morgan fingerprint density at radius 1 is 0.524 bits per heavy atom. The zero-order chi connectivity index (χ0) is 31.6. The van der Waals surface area contributed by atoms with Gasteiger partial charge in [0.2, 0.25) is 0 Å². The van der Waals surface area contributed by atoms with E-state index in [0.717, 1.165) is 43.6 Å². The maximum Gasteiger partial charge on any atom is 0.125 e. The van der Waals surface area contributed by atoms with Gasteiger partial charge >= 0.3 is 0 Å². The second kappa shape index (κ2) is 16.7. The van der Waals surface area contributed by atoms with Crippen molar-refractivity contribution in [2.24, 2.45) is 29.6 Å². The molecule has 0 heterocycles. The van der Waals surface area contributed by atoms with Gasteiger partial charge in [-0.25, -0.2) is 0 Å². The van der Waals surface area contributed by atoms with Crippen LogP contribution in [0.5, 0.6) is 11.5 Å². The van der Waals surface area contributed by atoms with E-state index in [1.54, 1.807) is 0 Å². The molecule has 4 nitrogen and oxygen atoms in total. The largest absolute Gasteiger partial charge is 0.491 e. The van der Waals surface area contributed by atoms with E-state index in [9.17, 15) is 10.2 Å². The predicted molar refractivity (Wildman–Crippen MR) is 178 cm³/mol. The van der Waals surface area contributed by atoms with E-state index in [1.807, 2.05) is 0 Å². The Hall–Kier alpha value is -2.04. The molecule has 0 aliphatic carbocycles. The Morgan fingerprint density at radius 2 is 0.810 bits per heavy atom. The van der Waals surface area contributed by atoms with Gasteiger partial charge in [-0.3, -0.25) is 0 Å². The second-order valence-corrected chi connectivity index (χ2v) is 14.7. The summed E-state index contributed by atoms with van der Waals surface area (Å²) in [6.45, 7) is 25.8. The van der Waals surface area contributed by atoms with Crippen molar-refractivity contribution < 1.29 is 19.7 Å². The van der Waals surface area contributed by atoms with Gasteiger partial charge in [-0.1, -0.05) is 100 Å². The molecule has 0 saturated heterocycles. The molecule has 0 aliphatic rings. The van der Waals surface area contributed by atoms with E-state index in [4.69, 9.17) is 9.47 Å². The van der Waals surface area contributed by atoms with Crippen molar-refractivity contribution in [1.82, 2.24) is 0 Å². The maximum absolute atomic E-state index is 9.61. The zero-order valence-electron chi connectivity index (χ0n) is 28.8. The minimum atomic E-state index is -0.214. The van der Waals surface area contributed by atoms with Crippen molar-refractivity contribution in [3.8, 4) is 11.5 Å². The standard InChI is InChI=1S/C38H62O4/c1-25(2)16-30-20-34(21-31(17-26(3)4)36(30)41-14-12-39)38(11,24-29(9)10)35-22-32(18-27(5)6)37(42-15-13-40)33(23-35)19-28(7)8/h20-23,25-29,39-40H,12-19,24H2,1-11H3. The van der Waals surface area contributed by atoms with Crippen LogP contribution in [0.4, 0.5) is 0 Å². The molecule has 0 bridgehead atoms. The van der Waals surface area contributed by atoms with E-state index in [-0.39, 0.29) is 18.6 Å². The molecule has 0 spiro atoms. The highest BCUT2D eigenvalue weighted by Crippen LogP contribution is 2.44. The summed E-state index contributed by atoms with van der Waals surface area (Å²) < 4.78 is 12.5. The van der Waals surface area contributed by atoms with Crippen LogP contribution in [0, 0.1) is 29.6 Å². The van der Waals surface area contributed by atoms with Crippen molar-refractivity contribution in [2.75, 3.05) is 26.4 Å². The van der Waals surface area contributed by atoms with Crippen LogP contribution in [-0.2, 0) is 31.1 Å². The first kappa shape index (κ1) is 36.2. The Kier molecular flexibility index (Phi) is 14.4. The lowest BCUT2D eigenvalue weighted by molar-refractivity contribution is 0.198. The number of aliphatic hydroxyl groups excluding tert-OH is 2. The Morgan fingerprint density at radius 3 is 1.02 bits per heavy atom. The van der Waals surface area contributed by atoms with E-state index >= 15 is 0 Å². The molecule has 42 heavy (non-hydrogen) atoms. The van der Waals surface area contributed by atoms with Gasteiger partial charge in [0.05, 0.1) is 13.2 Å². The molecule has 2 aromatic carbocycles. The van der Waals surface area contributed by atoms with Crippen molar-refractivity contribution in [1.29, 1.82) is 0 Å². The topological polar surface area (TPSA) is 58.9 Å². The molecule has 2 rings (SSSR count). The maximum atomic E-state index is 9.61. The first-order valence-corrected chi connectivity index (χ1v) is 16.5. The Balaban J connectivity index is 2.95. The SMILES string of the molecule is CC(C)Cc1cc(C(C)(CC(C)C)c2cc(CC(C)C)c(OCCO)c(CC(C)C)c2)cc(CC(C)C)c1OCCO. The third-order valence-electron chi connectivity index (χ3n) is 7.76. The van der Waals surface area contributed by atoms with Crippen molar-refractivity contribution >= 4 is 0 Å². The first-order chi connectivity index (χ1) is 19.7. The van der Waals surface area contributed by atoms with Crippen molar-refractivity contribution in [3.63, 3.8) is 0 Å². The van der Waals surface area contributed by atoms with Gasteiger partial charge in [-0.15, -0.1) is 0 Å². The molecule has 0 aliphatic heterocycles. The Labute approximate surface area is 258 Å². The summed E-state index contributed by atoms with van der Waals surface area (Å²) >= 11 is 0. The zero-order valence-corrected chi connectivity index (χ0v) is 28.8. The molecule has 2 aromatic rings. The van der Waals surface area contributed by atoms with E-state index in [2.05, 4.69) is 100 Å². The number of aliphatic hydroxyl groups is 2. The third-order valence-corrected chi connectivity index (χ3v) is 7.76. The summed E-state index contributed by atoms with van der Waals surface area (Å²) in [6, 6.07) is 9.61. The minimum absolute atomic E-state index is 0.0109. The van der Waals surface area contributed by atoms with E-state index in [1.165, 1.54) is 33.4 Å². The summed E-state index contributed by atoms with van der Waals surface area (Å²) in [5, 5.41) is 19.2. The summed E-state index contributed by atoms with van der Waals surface area (Å²) in [7, 11) is 0. The highest BCUT2D eigenvalue weighted by molar-refractivity contribution is 5.54. The lowest BCUT2D eigenvalue weighted by Crippen LogP contribution is -2.28. The van der Waals surface area contributed by atoms with Crippen LogP contribution in [0.15, 0.2) is 24.3 Å². The van der Waals surface area contributed by atoms with E-state index < -0.39 is 0 Å². The fourth-order valence-corrected chi connectivity index (χ4v) is 6.40. The average Bonchev–Trinajstić information content (AvgIpc) is 2.85. The Bertz CT molecular complexity index is 955. The molecule has 0 radical (unpaired) electrons. The molecule has 0 unspecified atom stereocenters. The van der Waals surface area contributed by atoms with Crippen LogP contribution in [0.25, 0.3) is 0 Å². The smallest absolute Gasteiger partial charge is 0.125 e. The van der Waals surface area contributed by atoms with Crippen molar-refractivity contribution in [3.05, 3.63) is 57.6 Å². The van der Waals surface area contributed by atoms with Gasteiger partial charge in [0.15, 0.2) is 0 Å². The highest BCUT2D eigenvalue weighted by atomic mass is 16.5. The summed E-state index contributed by atoms with van der Waals surface area (Å²) in [5.74, 6) is 4.37. The van der Waals surface area contributed by atoms with Gasteiger partial charge in [-0.2, -0.15) is 0 Å². The molecule has 2 N–H and O–H groups in total. The van der Waals surface area contributed by atoms with Crippen LogP contribution >= 0.6 is 0 Å². The van der Waals surface area contributed by atoms with Gasteiger partial charge in [0, 0.05) is 5.41 Å². The molecule has 0 saturated carbocycles. The lowest BCUT2D eigenvalue weighted by Gasteiger charge is -2.36. The molecule has 0 amide bonds. The average molecular weight is 583 g/mol. The quantitative estimate of drug-likeness (QED) is 0.185. The highest BCUT2D eigenvalue weighted by Gasteiger charge is 2.33. The van der Waals surface area contributed by atoms with Crippen molar-refractivity contribution in [2.45, 2.75) is 114 Å². The van der Waals surface area contributed by atoms with Crippen LogP contribution in [-0.4, -0.2) is 36.6 Å². The first-order valence-electron chi connectivity index (χ1n) is 16.5. The number of hydrogen-bond acceptors (Lipinski definition) is 4. The summed E-state index contributed by atoms with van der Waals surface area (Å²) in [5.41, 5.74) is 7.45. The monoisotopic (exact) mass is 582 g/mol. The molecule has 0 atom stereocenters. The molecule has 4 heteroatoms. The number of benzene rings is 2. The predicted octanol–water partition coefficient (Wildman–Crippen LogP) is 8.57. The molecule has 0 fully saturated rings. The van der Waals surface area contributed by atoms with Gasteiger partial charge in [-0.05, 0) is 95.1 Å². The van der Waals surface area contributed by atoms with Gasteiger partial charge < -0.3 is 19.7 Å². The number of ether oxygens (including phenoxy) is 2. The minimum Gasteiger partial charge on any atom is -0.491 e. The summed E-state index contributed by atoms with van der Waals surface area (Å²) in [6.07, 6.45) is 4.75. The van der Waals surface area contributed by atoms with Crippen LogP contribution in [0.3, 0.4) is 0 Å². The fourth-order valence-electron chi connectivity index (χ4n) is 6.40. The van der Waals surface area contributed by atoms with Crippen LogP contribution in [0.2, 0.25) is 0 Å². The lowest BCUT2D eigenvalue weighted by atomic mass is 9.69. The van der Waals surface area contributed by atoms with Crippen LogP contribution in [0.1, 0.15) is 116 Å². The molecule has 238 valence electrons. The molecular weight excluding hydrogens is 520 g/mol. The van der Waals surface area contributed by atoms with Crippen LogP contribution < -0.4 is 9.47 Å². The number of rotatable bonds is 18. The summed E-state index contributed by atoms with van der Waals surface area (Å²) in [4.78, 5) is 0. The van der Waals surface area contributed by atoms with Gasteiger partial charge in [0.25, 0.3) is 0 Å². The molecule has 0 aromatic heterocycles. The third kappa shape index (κ3) is 10.3. The fraction of sp³-hybridized carbons (Fsp3) is 0.684. The normalized spacial score (nSPS) is 12.4. The second-order valence-electron chi connectivity index (χ2n) is 14.7. The van der Waals surface area contributed by atoms with E-state index in [0.29, 0.717) is 42.8 Å².